The summed E-state index contributed by atoms with van der Waals surface area (Å²) >= 11 is 0. The van der Waals surface area contributed by atoms with Gasteiger partial charge in [-0.1, -0.05) is 19.9 Å². The van der Waals surface area contributed by atoms with E-state index in [0.717, 1.165) is 29.6 Å². The van der Waals surface area contributed by atoms with Crippen LogP contribution in [-0.4, -0.2) is 16.8 Å². The molecule has 1 aliphatic carbocycles. The largest absolute Gasteiger partial charge is 0.586 e. The minimum Gasteiger partial charge on any atom is -0.395 e. The fraction of sp³-hybridized carbons (Fsp3) is 0.375. The van der Waals surface area contributed by atoms with E-state index in [4.69, 9.17) is 0 Å². The molecular weight excluding hydrogens is 421 g/mol. The van der Waals surface area contributed by atoms with E-state index in [2.05, 4.69) is 39.3 Å². The number of halogens is 3. The number of benzene rings is 2. The number of aryl methyl sites for hydroxylation is 1. The van der Waals surface area contributed by atoms with Gasteiger partial charge >= 0.3 is 6.29 Å². The predicted molar refractivity (Wildman–Crippen MR) is 112 cm³/mol. The second kappa shape index (κ2) is 5.99. The maximum absolute atomic E-state index is 14.9. The van der Waals surface area contributed by atoms with Gasteiger partial charge in [-0.15, -0.1) is 8.78 Å². The van der Waals surface area contributed by atoms with Crippen molar-refractivity contribution in [1.29, 1.82) is 0 Å². The van der Waals surface area contributed by atoms with Gasteiger partial charge in [-0.25, -0.2) is 4.39 Å². The van der Waals surface area contributed by atoms with Crippen LogP contribution in [0.5, 0.6) is 11.5 Å². The summed E-state index contributed by atoms with van der Waals surface area (Å²) < 4.78 is 52.7. The molecule has 1 aromatic heterocycles. The Morgan fingerprint density at radius 3 is 2.53 bits per heavy atom. The summed E-state index contributed by atoms with van der Waals surface area (Å²) in [7, 11) is 0. The standard InChI is InChI=1S/C24H21F3N2O3/c1-22(2)7-8-29-17-12-15(25)16(9-13(17)10-20(22)29)28-21(30)23(5-6-23)14-3-4-18-19(11-14)32-24(26,27)31-18/h3-4,9-12H,5-8H2,1-2H3,(H,28,30). The Morgan fingerprint density at radius 2 is 1.78 bits per heavy atom. The molecule has 1 N–H and O–H groups in total. The van der Waals surface area contributed by atoms with E-state index < -0.39 is 17.5 Å². The van der Waals surface area contributed by atoms with E-state index in [-0.39, 0.29) is 28.5 Å². The van der Waals surface area contributed by atoms with Crippen LogP contribution in [-0.2, 0) is 22.2 Å². The van der Waals surface area contributed by atoms with Crippen LogP contribution in [0.1, 0.15) is 44.4 Å². The number of anilines is 1. The monoisotopic (exact) mass is 442 g/mol. The van der Waals surface area contributed by atoms with Crippen molar-refractivity contribution in [2.45, 2.75) is 56.8 Å². The number of hydrogen-bond acceptors (Lipinski definition) is 3. The topological polar surface area (TPSA) is 52.5 Å². The third-order valence-corrected chi connectivity index (χ3v) is 7.03. The molecule has 2 aromatic carbocycles. The van der Waals surface area contributed by atoms with Crippen molar-refractivity contribution in [3.63, 3.8) is 0 Å². The van der Waals surface area contributed by atoms with E-state index in [1.165, 1.54) is 18.2 Å². The maximum Gasteiger partial charge on any atom is 0.586 e. The number of alkyl halides is 2. The van der Waals surface area contributed by atoms with Crippen molar-refractivity contribution in [2.75, 3.05) is 5.32 Å². The van der Waals surface area contributed by atoms with Gasteiger partial charge in [0.1, 0.15) is 5.82 Å². The van der Waals surface area contributed by atoms with Gasteiger partial charge in [-0.2, -0.15) is 0 Å². The normalized spacial score (nSPS) is 20.9. The van der Waals surface area contributed by atoms with Gasteiger partial charge in [0.15, 0.2) is 11.5 Å². The van der Waals surface area contributed by atoms with Crippen LogP contribution in [0.3, 0.4) is 0 Å². The summed E-state index contributed by atoms with van der Waals surface area (Å²) in [4.78, 5) is 13.2. The van der Waals surface area contributed by atoms with Crippen LogP contribution < -0.4 is 14.8 Å². The van der Waals surface area contributed by atoms with E-state index in [1.807, 2.05) is 0 Å². The SMILES string of the molecule is CC1(C)CCn2c1cc1cc(NC(=O)C3(c4ccc5c(c4)OC(F)(F)O5)CC3)c(F)cc12. The number of hydrogen-bond donors (Lipinski definition) is 1. The lowest BCUT2D eigenvalue weighted by atomic mass is 9.88. The molecule has 0 bridgehead atoms. The lowest BCUT2D eigenvalue weighted by Gasteiger charge is -2.17. The fourth-order valence-corrected chi connectivity index (χ4v) is 4.96. The van der Waals surface area contributed by atoms with Gasteiger partial charge in [0, 0.05) is 29.1 Å². The molecule has 0 unspecified atom stereocenters. The van der Waals surface area contributed by atoms with Gasteiger partial charge in [0.05, 0.1) is 16.6 Å². The molecule has 6 rings (SSSR count). The summed E-state index contributed by atoms with van der Waals surface area (Å²) in [6.45, 7) is 5.17. The number of fused-ring (bicyclic) bond motifs is 4. The summed E-state index contributed by atoms with van der Waals surface area (Å²) in [5.41, 5.74) is 1.75. The van der Waals surface area contributed by atoms with Crippen molar-refractivity contribution in [3.05, 3.63) is 53.5 Å². The molecule has 3 heterocycles. The van der Waals surface area contributed by atoms with Crippen molar-refractivity contribution < 1.29 is 27.4 Å². The highest BCUT2D eigenvalue weighted by atomic mass is 19.3. The molecule has 166 valence electrons. The molecule has 5 nitrogen and oxygen atoms in total. The highest BCUT2D eigenvalue weighted by Crippen LogP contribution is 2.52. The third-order valence-electron chi connectivity index (χ3n) is 7.03. The number of ether oxygens (including phenoxy) is 2. The van der Waals surface area contributed by atoms with Crippen molar-refractivity contribution in [1.82, 2.24) is 4.57 Å². The average Bonchev–Trinajstić information content (AvgIpc) is 3.26. The molecule has 32 heavy (non-hydrogen) atoms. The molecule has 0 spiro atoms. The summed E-state index contributed by atoms with van der Waals surface area (Å²) in [6, 6.07) is 9.55. The van der Waals surface area contributed by atoms with Gasteiger partial charge in [-0.3, -0.25) is 4.79 Å². The van der Waals surface area contributed by atoms with Crippen LogP contribution in [0.25, 0.3) is 10.9 Å². The first-order chi connectivity index (χ1) is 15.1. The fourth-order valence-electron chi connectivity index (χ4n) is 4.96. The Morgan fingerprint density at radius 1 is 1.03 bits per heavy atom. The molecule has 3 aromatic rings. The van der Waals surface area contributed by atoms with Crippen molar-refractivity contribution in [2.24, 2.45) is 0 Å². The van der Waals surface area contributed by atoms with Crippen molar-refractivity contribution in [3.8, 4) is 11.5 Å². The van der Waals surface area contributed by atoms with E-state index in [9.17, 15) is 18.0 Å². The quantitative estimate of drug-likeness (QED) is 0.587. The smallest absolute Gasteiger partial charge is 0.395 e. The number of rotatable bonds is 3. The van der Waals surface area contributed by atoms with E-state index in [1.54, 1.807) is 12.1 Å². The maximum atomic E-state index is 14.9. The number of nitrogens with zero attached hydrogens (tertiary/aromatic N) is 1. The third kappa shape index (κ3) is 2.74. The molecule has 2 aliphatic heterocycles. The average molecular weight is 442 g/mol. The Labute approximate surface area is 182 Å². The molecular formula is C24H21F3N2O3. The van der Waals surface area contributed by atoms with Crippen LogP contribution in [0.2, 0.25) is 0 Å². The number of nitrogens with one attached hydrogen (secondary N) is 1. The molecule has 3 aliphatic rings. The van der Waals surface area contributed by atoms with Crippen LogP contribution in [0.4, 0.5) is 18.9 Å². The number of carbonyl (C=O) groups is 1. The first-order valence-electron chi connectivity index (χ1n) is 10.6. The first-order valence-corrected chi connectivity index (χ1v) is 10.6. The van der Waals surface area contributed by atoms with Crippen LogP contribution in [0.15, 0.2) is 36.4 Å². The van der Waals surface area contributed by atoms with Gasteiger partial charge < -0.3 is 19.4 Å². The van der Waals surface area contributed by atoms with Crippen LogP contribution in [0, 0.1) is 5.82 Å². The predicted octanol–water partition coefficient (Wildman–Crippen LogP) is 5.45. The summed E-state index contributed by atoms with van der Waals surface area (Å²) in [5, 5.41) is 3.60. The zero-order valence-corrected chi connectivity index (χ0v) is 17.6. The summed E-state index contributed by atoms with van der Waals surface area (Å²) in [5.74, 6) is -1.05. The molecule has 8 heteroatoms. The van der Waals surface area contributed by atoms with E-state index >= 15 is 0 Å². The Kier molecular flexibility index (Phi) is 3.66. The Bertz CT molecular complexity index is 1310. The van der Waals surface area contributed by atoms with Gasteiger partial charge in [0.25, 0.3) is 0 Å². The highest BCUT2D eigenvalue weighted by Gasteiger charge is 2.53. The number of aromatic nitrogens is 1. The van der Waals surface area contributed by atoms with Crippen LogP contribution >= 0.6 is 0 Å². The highest BCUT2D eigenvalue weighted by molar-refractivity contribution is 6.03. The molecule has 0 radical (unpaired) electrons. The Balaban J connectivity index is 1.30. The van der Waals surface area contributed by atoms with Gasteiger partial charge in [-0.05, 0) is 49.1 Å². The molecule has 0 atom stereocenters. The molecule has 1 fully saturated rings. The zero-order chi connectivity index (χ0) is 22.5. The molecule has 1 saturated carbocycles. The minimum atomic E-state index is -3.72. The second-order valence-corrected chi connectivity index (χ2v) is 9.57. The first kappa shape index (κ1) is 19.5. The summed E-state index contributed by atoms with van der Waals surface area (Å²) in [6.07, 6.45) is -1.64. The lowest BCUT2D eigenvalue weighted by Crippen LogP contribution is -2.28. The Hall–Kier alpha value is -3.16. The molecule has 0 saturated heterocycles. The number of amides is 1. The zero-order valence-electron chi connectivity index (χ0n) is 17.6. The second-order valence-electron chi connectivity index (χ2n) is 9.57. The number of carbonyl (C=O) groups excluding carboxylic acids is 1. The molecule has 1 amide bonds. The lowest BCUT2D eigenvalue weighted by molar-refractivity contribution is -0.286. The van der Waals surface area contributed by atoms with E-state index in [0.29, 0.717) is 18.4 Å². The minimum absolute atomic E-state index is 0.0210. The van der Waals surface area contributed by atoms with Crippen molar-refractivity contribution >= 4 is 22.5 Å². The van der Waals surface area contributed by atoms with Gasteiger partial charge in [0.2, 0.25) is 5.91 Å².